The lowest BCUT2D eigenvalue weighted by molar-refractivity contribution is -0.126. The van der Waals surface area contributed by atoms with Crippen LogP contribution in [0.2, 0.25) is 0 Å². The number of hydrogen-bond acceptors (Lipinski definition) is 7. The zero-order valence-corrected chi connectivity index (χ0v) is 17.1. The van der Waals surface area contributed by atoms with Gasteiger partial charge in [0.1, 0.15) is 18.5 Å². The van der Waals surface area contributed by atoms with Crippen LogP contribution in [0.15, 0.2) is 27.8 Å². The van der Waals surface area contributed by atoms with Gasteiger partial charge < -0.3 is 26.7 Å². The first-order chi connectivity index (χ1) is 13.8. The van der Waals surface area contributed by atoms with Gasteiger partial charge >= 0.3 is 0 Å². The van der Waals surface area contributed by atoms with Crippen molar-refractivity contribution in [2.24, 2.45) is 10.9 Å². The summed E-state index contributed by atoms with van der Waals surface area (Å²) in [6.07, 6.45) is -0.829. The first kappa shape index (κ1) is 20.9. The molecule has 2 heterocycles. The molecule has 2 atom stereocenters. The van der Waals surface area contributed by atoms with Crippen molar-refractivity contribution < 1.29 is 19.1 Å². The predicted molar refractivity (Wildman–Crippen MR) is 107 cm³/mol. The molecule has 1 aliphatic heterocycles. The Balaban J connectivity index is 1.90. The number of amidine groups is 1. The fourth-order valence-corrected chi connectivity index (χ4v) is 3.68. The van der Waals surface area contributed by atoms with Gasteiger partial charge in [-0.3, -0.25) is 4.79 Å². The second-order valence-corrected chi connectivity index (χ2v) is 7.39. The minimum absolute atomic E-state index is 0.00310. The van der Waals surface area contributed by atoms with Crippen LogP contribution in [-0.4, -0.2) is 39.5 Å². The number of benzene rings is 1. The van der Waals surface area contributed by atoms with E-state index in [0.29, 0.717) is 33.7 Å². The van der Waals surface area contributed by atoms with Gasteiger partial charge in [0.15, 0.2) is 5.84 Å². The Morgan fingerprint density at radius 2 is 2.28 bits per heavy atom. The molecule has 3 rings (SSSR count). The lowest BCUT2D eigenvalue weighted by atomic mass is 9.94. The largest absolute Gasteiger partial charge is 0.394 e. The Morgan fingerprint density at radius 1 is 1.52 bits per heavy atom. The van der Waals surface area contributed by atoms with Crippen LogP contribution in [0.1, 0.15) is 35.0 Å². The molecule has 1 aromatic heterocycles. The number of carbonyl (C=O) groups excluding carboxylic acids is 1. The van der Waals surface area contributed by atoms with Gasteiger partial charge in [-0.05, 0) is 24.6 Å². The molecule has 2 unspecified atom stereocenters. The average Bonchev–Trinajstić information content (AvgIpc) is 2.63. The van der Waals surface area contributed by atoms with Crippen LogP contribution in [-0.2, 0) is 16.1 Å². The number of oxime groups is 1. The number of nitrogens with two attached hydrogens (primary N) is 2. The van der Waals surface area contributed by atoms with Gasteiger partial charge in [-0.25, -0.2) is 14.4 Å². The number of aryl methyl sites for hydroxylation is 1. The highest BCUT2D eigenvalue weighted by atomic mass is 79.9. The SMILES string of the molecule is Cc1nc(N)nc2c1C(=NOCCC(O)C(N)=O)NC(c1ccc(F)cc1Br)C2. The summed E-state index contributed by atoms with van der Waals surface area (Å²) in [4.78, 5) is 24.7. The van der Waals surface area contributed by atoms with Crippen molar-refractivity contribution in [3.8, 4) is 0 Å². The smallest absolute Gasteiger partial charge is 0.246 e. The zero-order valence-electron chi connectivity index (χ0n) is 15.5. The monoisotopic (exact) mass is 466 g/mol. The number of hydrogen-bond donors (Lipinski definition) is 4. The number of aliphatic hydroxyl groups excluding tert-OH is 1. The molecule has 0 saturated carbocycles. The van der Waals surface area contributed by atoms with Gasteiger partial charge in [-0.1, -0.05) is 27.2 Å². The molecular formula is C18H20BrFN6O3. The van der Waals surface area contributed by atoms with E-state index >= 15 is 0 Å². The van der Waals surface area contributed by atoms with Crippen LogP contribution >= 0.6 is 15.9 Å². The predicted octanol–water partition coefficient (Wildman–Crippen LogP) is 1.07. The molecular weight excluding hydrogens is 447 g/mol. The van der Waals surface area contributed by atoms with E-state index in [9.17, 15) is 14.3 Å². The van der Waals surface area contributed by atoms with Crippen molar-refractivity contribution in [3.63, 3.8) is 0 Å². The quantitative estimate of drug-likeness (QED) is 0.367. The van der Waals surface area contributed by atoms with E-state index in [4.69, 9.17) is 16.3 Å². The number of nitrogen functional groups attached to an aromatic ring is 1. The number of halogens is 2. The summed E-state index contributed by atoms with van der Waals surface area (Å²) in [5, 5.41) is 16.8. The lowest BCUT2D eigenvalue weighted by Gasteiger charge is -2.29. The second kappa shape index (κ2) is 8.70. The number of primary amides is 1. The van der Waals surface area contributed by atoms with Crippen LogP contribution in [0.3, 0.4) is 0 Å². The molecule has 9 nitrogen and oxygen atoms in total. The highest BCUT2D eigenvalue weighted by molar-refractivity contribution is 9.10. The first-order valence-corrected chi connectivity index (χ1v) is 9.57. The van der Waals surface area contributed by atoms with Gasteiger partial charge in [0.25, 0.3) is 0 Å². The van der Waals surface area contributed by atoms with Crippen molar-refractivity contribution in [2.75, 3.05) is 12.3 Å². The molecule has 1 aliphatic rings. The summed E-state index contributed by atoms with van der Waals surface area (Å²) in [7, 11) is 0. The van der Waals surface area contributed by atoms with E-state index in [-0.39, 0.29) is 30.8 Å². The Bertz CT molecular complexity index is 971. The maximum absolute atomic E-state index is 13.5. The Morgan fingerprint density at radius 3 is 2.97 bits per heavy atom. The summed E-state index contributed by atoms with van der Waals surface area (Å²) in [5.74, 6) is -0.670. The van der Waals surface area contributed by atoms with Gasteiger partial charge in [0.05, 0.1) is 23.0 Å². The summed E-state index contributed by atoms with van der Waals surface area (Å²) < 4.78 is 14.1. The molecule has 0 fully saturated rings. The number of rotatable bonds is 6. The Kier molecular flexibility index (Phi) is 6.28. The maximum Gasteiger partial charge on any atom is 0.246 e. The molecule has 0 radical (unpaired) electrons. The molecule has 2 aromatic rings. The number of fused-ring (bicyclic) bond motifs is 1. The number of amides is 1. The van der Waals surface area contributed by atoms with E-state index in [1.54, 1.807) is 13.0 Å². The number of carbonyl (C=O) groups is 1. The maximum atomic E-state index is 13.5. The third-order valence-corrected chi connectivity index (χ3v) is 5.12. The molecule has 154 valence electrons. The van der Waals surface area contributed by atoms with Crippen molar-refractivity contribution in [1.82, 2.24) is 15.3 Å². The van der Waals surface area contributed by atoms with Crippen molar-refractivity contribution in [3.05, 3.63) is 51.0 Å². The van der Waals surface area contributed by atoms with E-state index in [2.05, 4.69) is 36.4 Å². The minimum Gasteiger partial charge on any atom is -0.394 e. The number of nitrogens with one attached hydrogen (secondary N) is 1. The normalized spacial score (nSPS) is 18.1. The van der Waals surface area contributed by atoms with Crippen molar-refractivity contribution in [2.45, 2.75) is 31.9 Å². The topological polar surface area (TPSA) is 149 Å². The van der Waals surface area contributed by atoms with Gasteiger partial charge in [0, 0.05) is 17.3 Å². The number of anilines is 1. The number of aliphatic hydroxyl groups is 1. The van der Waals surface area contributed by atoms with Gasteiger partial charge in [0.2, 0.25) is 11.9 Å². The zero-order chi connectivity index (χ0) is 21.1. The molecule has 0 aliphatic carbocycles. The molecule has 1 amide bonds. The molecule has 29 heavy (non-hydrogen) atoms. The summed E-state index contributed by atoms with van der Waals surface area (Å²) in [6.45, 7) is 1.75. The average molecular weight is 467 g/mol. The molecule has 1 aromatic carbocycles. The van der Waals surface area contributed by atoms with Crippen molar-refractivity contribution >= 4 is 33.6 Å². The summed E-state index contributed by atoms with van der Waals surface area (Å²) in [6, 6.07) is 4.14. The molecule has 0 spiro atoms. The summed E-state index contributed by atoms with van der Waals surface area (Å²) in [5.41, 5.74) is 13.6. The molecule has 0 saturated heterocycles. The Hall–Kier alpha value is -2.79. The molecule has 0 bridgehead atoms. The lowest BCUT2D eigenvalue weighted by Crippen LogP contribution is -2.38. The van der Waals surface area contributed by atoms with E-state index in [1.807, 2.05) is 0 Å². The number of aromatic nitrogens is 2. The standard InChI is InChI=1S/C18H20BrFN6O3/c1-8-15-13(25-18(22)23-8)7-12(10-3-2-9(20)6-11(10)19)24-17(15)26-29-5-4-14(27)16(21)28/h2-3,6,12,14,27H,4-5,7H2,1H3,(H2,21,28)(H,24,26)(H2,22,23,25). The second-order valence-electron chi connectivity index (χ2n) is 6.54. The first-order valence-electron chi connectivity index (χ1n) is 8.78. The third kappa shape index (κ3) is 4.80. The van der Waals surface area contributed by atoms with Crippen molar-refractivity contribution in [1.29, 1.82) is 0 Å². The van der Waals surface area contributed by atoms with Crippen LogP contribution in [0, 0.1) is 12.7 Å². The van der Waals surface area contributed by atoms with Gasteiger partial charge in [-0.15, -0.1) is 0 Å². The third-order valence-electron chi connectivity index (χ3n) is 4.43. The van der Waals surface area contributed by atoms with Crippen LogP contribution in [0.4, 0.5) is 10.3 Å². The van der Waals surface area contributed by atoms with E-state index < -0.39 is 12.0 Å². The highest BCUT2D eigenvalue weighted by Crippen LogP contribution is 2.31. The van der Waals surface area contributed by atoms with E-state index in [0.717, 1.165) is 5.56 Å². The Labute approximate surface area is 174 Å². The number of nitrogens with zero attached hydrogens (tertiary/aromatic N) is 3. The molecule has 6 N–H and O–H groups in total. The summed E-state index contributed by atoms with van der Waals surface area (Å²) >= 11 is 3.38. The minimum atomic E-state index is -1.31. The van der Waals surface area contributed by atoms with Crippen LogP contribution in [0.25, 0.3) is 0 Å². The van der Waals surface area contributed by atoms with Gasteiger partial charge in [-0.2, -0.15) is 0 Å². The highest BCUT2D eigenvalue weighted by Gasteiger charge is 2.29. The molecule has 11 heteroatoms. The fraction of sp³-hybridized carbons (Fsp3) is 0.333. The van der Waals surface area contributed by atoms with E-state index in [1.165, 1.54) is 12.1 Å². The fourth-order valence-electron chi connectivity index (χ4n) is 3.05. The van der Waals surface area contributed by atoms with Crippen LogP contribution < -0.4 is 16.8 Å². The van der Waals surface area contributed by atoms with Crippen LogP contribution in [0.5, 0.6) is 0 Å².